The van der Waals surface area contributed by atoms with Crippen LogP contribution < -0.4 is 5.32 Å². The van der Waals surface area contributed by atoms with Crippen LogP contribution >= 0.6 is 0 Å². The van der Waals surface area contributed by atoms with Gasteiger partial charge in [-0.05, 0) is 36.2 Å². The van der Waals surface area contributed by atoms with Crippen LogP contribution in [0.15, 0.2) is 30.3 Å². The van der Waals surface area contributed by atoms with Gasteiger partial charge in [-0.25, -0.2) is 0 Å². The highest BCUT2D eigenvalue weighted by atomic mass is 16.2. The molecule has 0 spiro atoms. The molecule has 3 heteroatoms. The van der Waals surface area contributed by atoms with Crippen LogP contribution in [0.2, 0.25) is 0 Å². The van der Waals surface area contributed by atoms with Gasteiger partial charge in [0.15, 0.2) is 0 Å². The van der Waals surface area contributed by atoms with Gasteiger partial charge in [-0.15, -0.1) is 0 Å². The molecule has 1 saturated carbocycles. The van der Waals surface area contributed by atoms with Crippen molar-refractivity contribution < 1.29 is 4.79 Å². The summed E-state index contributed by atoms with van der Waals surface area (Å²) in [5.74, 6) is 0.810. The number of amides is 1. The van der Waals surface area contributed by atoms with Crippen molar-refractivity contribution in [1.29, 1.82) is 0 Å². The molecule has 1 amide bonds. The van der Waals surface area contributed by atoms with E-state index >= 15 is 0 Å². The molecule has 2 aliphatic rings. The van der Waals surface area contributed by atoms with E-state index in [0.717, 1.165) is 13.0 Å². The summed E-state index contributed by atoms with van der Waals surface area (Å²) in [6.07, 6.45) is 3.44. The number of nitrogens with one attached hydrogen (secondary N) is 1. The molecule has 0 bridgehead atoms. The van der Waals surface area contributed by atoms with Crippen LogP contribution in [0, 0.1) is 11.3 Å². The fourth-order valence-electron chi connectivity index (χ4n) is 3.18. The largest absolute Gasteiger partial charge is 0.321 e. The maximum Gasteiger partial charge on any atom is 0.241 e. The van der Waals surface area contributed by atoms with Crippen molar-refractivity contribution in [1.82, 2.24) is 10.2 Å². The zero-order chi connectivity index (χ0) is 15.0. The van der Waals surface area contributed by atoms with Gasteiger partial charge >= 0.3 is 0 Å². The van der Waals surface area contributed by atoms with Crippen molar-refractivity contribution in [2.24, 2.45) is 11.3 Å². The number of benzene rings is 1. The highest BCUT2D eigenvalue weighted by molar-refractivity contribution is 5.84. The molecule has 2 atom stereocenters. The van der Waals surface area contributed by atoms with Crippen LogP contribution in [0.5, 0.6) is 0 Å². The van der Waals surface area contributed by atoms with Crippen molar-refractivity contribution in [2.75, 3.05) is 6.54 Å². The smallest absolute Gasteiger partial charge is 0.241 e. The lowest BCUT2D eigenvalue weighted by atomic mass is 10.0. The Kier molecular flexibility index (Phi) is 3.78. The molecule has 1 aliphatic carbocycles. The van der Waals surface area contributed by atoms with Crippen LogP contribution in [0.1, 0.15) is 51.8 Å². The van der Waals surface area contributed by atoms with Crippen LogP contribution in [0.3, 0.4) is 0 Å². The Bertz CT molecular complexity index is 507. The number of hydrogen-bond acceptors (Lipinski definition) is 2. The molecule has 0 aromatic heterocycles. The third kappa shape index (κ3) is 3.13. The van der Waals surface area contributed by atoms with Gasteiger partial charge in [0.05, 0.1) is 6.04 Å². The maximum absolute atomic E-state index is 12.8. The lowest BCUT2D eigenvalue weighted by Crippen LogP contribution is -2.35. The third-order valence-electron chi connectivity index (χ3n) is 4.73. The van der Waals surface area contributed by atoms with Crippen molar-refractivity contribution in [2.45, 2.75) is 52.2 Å². The average Bonchev–Trinajstić information content (AvgIpc) is 3.11. The number of carbonyl (C=O) groups excluding carboxylic acids is 1. The Morgan fingerprint density at radius 1 is 1.29 bits per heavy atom. The number of rotatable bonds is 5. The molecular formula is C18H26N2O. The molecule has 1 N–H and O–H groups in total. The SMILES string of the molecule is CC(C)CC1NC(c2ccccc2)N(CC2(C)CC2)C1=O. The molecule has 2 unspecified atom stereocenters. The van der Waals surface area contributed by atoms with Gasteiger partial charge in [0.1, 0.15) is 6.17 Å². The number of hydrogen-bond donors (Lipinski definition) is 1. The summed E-state index contributed by atoms with van der Waals surface area (Å²) in [5, 5.41) is 3.57. The molecule has 1 saturated heterocycles. The predicted octanol–water partition coefficient (Wildman–Crippen LogP) is 3.33. The molecule has 1 aliphatic heterocycles. The monoisotopic (exact) mass is 286 g/mol. The van der Waals surface area contributed by atoms with E-state index < -0.39 is 0 Å². The highest BCUT2D eigenvalue weighted by Gasteiger charge is 2.46. The Hall–Kier alpha value is -1.35. The summed E-state index contributed by atoms with van der Waals surface area (Å²) < 4.78 is 0. The van der Waals surface area contributed by atoms with Crippen molar-refractivity contribution in [3.63, 3.8) is 0 Å². The zero-order valence-electron chi connectivity index (χ0n) is 13.3. The van der Waals surface area contributed by atoms with Crippen LogP contribution in [-0.2, 0) is 4.79 Å². The fraction of sp³-hybridized carbons (Fsp3) is 0.611. The second-order valence-electron chi connectivity index (χ2n) is 7.44. The Morgan fingerprint density at radius 3 is 2.52 bits per heavy atom. The third-order valence-corrected chi connectivity index (χ3v) is 4.73. The van der Waals surface area contributed by atoms with Gasteiger partial charge in [-0.2, -0.15) is 0 Å². The van der Waals surface area contributed by atoms with E-state index in [1.165, 1.54) is 18.4 Å². The van der Waals surface area contributed by atoms with Crippen LogP contribution in [-0.4, -0.2) is 23.4 Å². The van der Waals surface area contributed by atoms with Crippen molar-refractivity contribution in [3.8, 4) is 0 Å². The van der Waals surface area contributed by atoms with E-state index in [1.54, 1.807) is 0 Å². The second-order valence-corrected chi connectivity index (χ2v) is 7.44. The Morgan fingerprint density at radius 2 is 1.95 bits per heavy atom. The van der Waals surface area contributed by atoms with Gasteiger partial charge < -0.3 is 4.90 Å². The van der Waals surface area contributed by atoms with E-state index in [0.29, 0.717) is 11.3 Å². The predicted molar refractivity (Wildman–Crippen MR) is 84.6 cm³/mol. The Balaban J connectivity index is 1.83. The normalized spacial score (nSPS) is 27.4. The molecule has 1 aromatic rings. The summed E-state index contributed by atoms with van der Waals surface area (Å²) >= 11 is 0. The number of nitrogens with zero attached hydrogens (tertiary/aromatic N) is 1. The van der Waals surface area contributed by atoms with Gasteiger partial charge in [-0.3, -0.25) is 10.1 Å². The van der Waals surface area contributed by atoms with Crippen LogP contribution in [0.25, 0.3) is 0 Å². The average molecular weight is 286 g/mol. The maximum atomic E-state index is 12.8. The van der Waals surface area contributed by atoms with Crippen LogP contribution in [0.4, 0.5) is 0 Å². The Labute approximate surface area is 127 Å². The van der Waals surface area contributed by atoms with Gasteiger partial charge in [0.2, 0.25) is 5.91 Å². The molecule has 21 heavy (non-hydrogen) atoms. The lowest BCUT2D eigenvalue weighted by molar-refractivity contribution is -0.131. The van der Waals surface area contributed by atoms with E-state index in [-0.39, 0.29) is 18.1 Å². The minimum Gasteiger partial charge on any atom is -0.321 e. The first kappa shape index (κ1) is 14.6. The molecule has 3 rings (SSSR count). The summed E-state index contributed by atoms with van der Waals surface area (Å²) in [6.45, 7) is 7.53. The van der Waals surface area contributed by atoms with Crippen molar-refractivity contribution in [3.05, 3.63) is 35.9 Å². The van der Waals surface area contributed by atoms with Gasteiger partial charge in [0, 0.05) is 6.54 Å². The van der Waals surface area contributed by atoms with E-state index in [9.17, 15) is 4.79 Å². The molecule has 114 valence electrons. The lowest BCUT2D eigenvalue weighted by Gasteiger charge is -2.27. The first-order chi connectivity index (χ1) is 9.98. The highest BCUT2D eigenvalue weighted by Crippen LogP contribution is 2.47. The molecular weight excluding hydrogens is 260 g/mol. The first-order valence-electron chi connectivity index (χ1n) is 8.10. The molecule has 2 fully saturated rings. The van der Waals surface area contributed by atoms with Crippen molar-refractivity contribution >= 4 is 5.91 Å². The summed E-state index contributed by atoms with van der Waals surface area (Å²) in [4.78, 5) is 14.9. The van der Waals surface area contributed by atoms with Gasteiger partial charge in [0.25, 0.3) is 0 Å². The summed E-state index contributed by atoms with van der Waals surface area (Å²) in [6, 6.07) is 10.3. The van der Waals surface area contributed by atoms with E-state index in [4.69, 9.17) is 0 Å². The van der Waals surface area contributed by atoms with E-state index in [1.807, 2.05) is 18.2 Å². The zero-order valence-corrected chi connectivity index (χ0v) is 13.3. The summed E-state index contributed by atoms with van der Waals surface area (Å²) in [5.41, 5.74) is 1.54. The standard InChI is InChI=1S/C18H26N2O/c1-13(2)11-15-17(21)20(12-18(3)9-10-18)16(19-15)14-7-5-4-6-8-14/h4-8,13,15-16,19H,9-12H2,1-3H3. The molecule has 3 nitrogen and oxygen atoms in total. The topological polar surface area (TPSA) is 32.3 Å². The van der Waals surface area contributed by atoms with Gasteiger partial charge in [-0.1, -0.05) is 51.1 Å². The fourth-order valence-corrected chi connectivity index (χ4v) is 3.18. The summed E-state index contributed by atoms with van der Waals surface area (Å²) in [7, 11) is 0. The molecule has 0 radical (unpaired) electrons. The first-order valence-corrected chi connectivity index (χ1v) is 8.10. The number of carbonyl (C=O) groups is 1. The molecule has 1 aromatic carbocycles. The minimum absolute atomic E-state index is 0.0300. The van der Waals surface area contributed by atoms with E-state index in [2.05, 4.69) is 43.1 Å². The molecule has 1 heterocycles. The minimum atomic E-state index is -0.0300. The second kappa shape index (κ2) is 5.45. The quantitative estimate of drug-likeness (QED) is 0.900.